The number of hydrogen-bond donors (Lipinski definition) is 0. The number of rotatable bonds is 12. The zero-order chi connectivity index (χ0) is 22.3. The molecule has 0 fully saturated rings. The minimum Gasteiger partial charge on any atom is -1.00 e. The summed E-state index contributed by atoms with van der Waals surface area (Å²) >= 11 is 2.36. The molecule has 0 nitrogen and oxygen atoms in total. The molecule has 2 aromatic carbocycles. The van der Waals surface area contributed by atoms with E-state index in [1.165, 1.54) is 69.8 Å². The van der Waals surface area contributed by atoms with E-state index in [0.717, 1.165) is 0 Å². The maximum atomic E-state index is 2.61. The molecule has 1 aliphatic carbocycles. The number of unbranched alkanes of at least 4 members (excludes halogenated alkanes) is 6. The van der Waals surface area contributed by atoms with Crippen LogP contribution in [-0.2, 0) is 33.3 Å². The van der Waals surface area contributed by atoms with Crippen molar-refractivity contribution >= 4 is 19.3 Å². The van der Waals surface area contributed by atoms with Crippen LogP contribution in [0.3, 0.4) is 0 Å². The molecule has 0 aliphatic heterocycles. The Labute approximate surface area is 240 Å². The van der Waals surface area contributed by atoms with Gasteiger partial charge in [-0.15, -0.1) is 0 Å². The van der Waals surface area contributed by atoms with Gasteiger partial charge in [0.25, 0.3) is 0 Å². The van der Waals surface area contributed by atoms with Gasteiger partial charge in [0.1, 0.15) is 0 Å². The number of halogens is 3. The maximum absolute atomic E-state index is 2.61. The van der Waals surface area contributed by atoms with Crippen LogP contribution in [0.5, 0.6) is 0 Å². The summed E-state index contributed by atoms with van der Waals surface area (Å²) in [5.41, 5.74) is 6.79. The maximum Gasteiger partial charge on any atom is -1.00 e. The Morgan fingerprint density at radius 1 is 0.735 bits per heavy atom. The van der Waals surface area contributed by atoms with Gasteiger partial charge in [-0.25, -0.2) is 0 Å². The van der Waals surface area contributed by atoms with Crippen molar-refractivity contribution < 1.29 is 57.7 Å². The van der Waals surface area contributed by atoms with Crippen LogP contribution < -0.4 is 42.4 Å². The second-order valence-electron chi connectivity index (χ2n) is 10.0. The largest absolute Gasteiger partial charge is 1.00 e. The zero-order valence-corrected chi connectivity index (χ0v) is 26.2. The number of aryl methyl sites for hydroxylation is 2. The summed E-state index contributed by atoms with van der Waals surface area (Å²) in [7, 11) is -1.70. The summed E-state index contributed by atoms with van der Waals surface area (Å²) in [4.78, 5) is 0. The molecule has 0 amide bonds. The van der Waals surface area contributed by atoms with Crippen LogP contribution in [0.2, 0.25) is 13.1 Å². The zero-order valence-electron chi connectivity index (χ0n) is 21.4. The van der Waals surface area contributed by atoms with Crippen LogP contribution in [0.1, 0.15) is 93.0 Å². The summed E-state index contributed by atoms with van der Waals surface area (Å²) in [6, 6.07) is 16.8. The summed E-state index contributed by atoms with van der Waals surface area (Å²) < 4.78 is 1.57. The Morgan fingerprint density at radius 3 is 1.79 bits per heavy atom. The van der Waals surface area contributed by atoms with Gasteiger partial charge >= 0.3 is 205 Å². The first-order valence-electron chi connectivity index (χ1n) is 12.6. The third-order valence-corrected chi connectivity index (χ3v) is 12.1. The molecule has 0 aromatic heterocycles. The molecule has 3 rings (SSSR count). The molecule has 1 atom stereocenters. The number of benzene rings is 2. The third kappa shape index (κ3) is 8.82. The first kappa shape index (κ1) is 34.0. The molecule has 0 bridgehead atoms. The second-order valence-corrected chi connectivity index (χ2v) is 15.5. The molecule has 0 N–H and O–H groups in total. The number of allylic oxidation sites excluding steroid dienone is 1. The van der Waals surface area contributed by atoms with Gasteiger partial charge < -0.3 is 37.2 Å². The molecule has 34 heavy (non-hydrogen) atoms. The normalized spacial score (nSPS) is 14.4. The van der Waals surface area contributed by atoms with E-state index in [-0.39, 0.29) is 37.2 Å². The Morgan fingerprint density at radius 2 is 1.26 bits per heavy atom. The van der Waals surface area contributed by atoms with E-state index in [4.69, 9.17) is 0 Å². The van der Waals surface area contributed by atoms with E-state index in [1.54, 1.807) is 25.8 Å². The molecule has 0 spiro atoms. The van der Waals surface area contributed by atoms with Gasteiger partial charge in [0, 0.05) is 0 Å². The van der Waals surface area contributed by atoms with E-state index >= 15 is 0 Å². The van der Waals surface area contributed by atoms with Crippen molar-refractivity contribution in [3.05, 3.63) is 68.6 Å². The van der Waals surface area contributed by atoms with E-state index < -0.39 is 8.07 Å². The average molecular weight is 572 g/mol. The van der Waals surface area contributed by atoms with Crippen LogP contribution >= 0.6 is 0 Å². The first-order valence-corrected chi connectivity index (χ1v) is 16.5. The fourth-order valence-corrected chi connectivity index (χ4v) is 10.7. The third-order valence-electron chi connectivity index (χ3n) is 7.09. The molecule has 186 valence electrons. The Balaban J connectivity index is 0.00000363. The fraction of sp³-hybridized carbons (Fsp3) is 0.517. The molecule has 0 saturated carbocycles. The van der Waals surface area contributed by atoms with Gasteiger partial charge in [0.05, 0.1) is 0 Å². The van der Waals surface area contributed by atoms with Crippen LogP contribution in [0.15, 0.2) is 46.3 Å². The molecule has 0 radical (unpaired) electrons. The van der Waals surface area contributed by atoms with Crippen molar-refractivity contribution in [2.24, 2.45) is 0 Å². The predicted molar refractivity (Wildman–Crippen MR) is 136 cm³/mol. The van der Waals surface area contributed by atoms with Gasteiger partial charge in [-0.3, -0.25) is 0 Å². The standard InChI is InChI=1S/C29H41Si.3ClH.Ti/c1-5-7-9-11-15-24-21-25(16-12-10-8-6-2)23-27(22-24)30(3,4)29-20-19-26-17-13-14-18-28(26)29;;;;/h13-14,17-19,21-23,29H,5-12,15-16H2,1-4H3;3*1H;/q;;;;+3/p-3. The minimum atomic E-state index is -1.70. The van der Waals surface area contributed by atoms with Crippen LogP contribution in [0, 0.1) is 0 Å². The average Bonchev–Trinajstić information content (AvgIpc) is 3.10. The monoisotopic (exact) mass is 570 g/mol. The van der Waals surface area contributed by atoms with Crippen molar-refractivity contribution in [2.45, 2.75) is 96.7 Å². The summed E-state index contributed by atoms with van der Waals surface area (Å²) in [6.45, 7) is 9.82. The van der Waals surface area contributed by atoms with Crippen LogP contribution in [0.4, 0.5) is 0 Å². The van der Waals surface area contributed by atoms with Gasteiger partial charge in [0.15, 0.2) is 0 Å². The smallest absolute Gasteiger partial charge is 1.00 e. The van der Waals surface area contributed by atoms with Crippen molar-refractivity contribution in [2.75, 3.05) is 0 Å². The Hall–Kier alpha value is -0.0188. The molecular formula is C29H41Cl3SiTi. The SMILES string of the molecule is CCCCCCc1cc(CCCCCC)cc([Si](C)(C)C2[C]([Ti+3])=Cc3ccccc32)c1.[Cl-].[Cl-].[Cl-]. The second kappa shape index (κ2) is 16.7. The summed E-state index contributed by atoms with van der Waals surface area (Å²) in [5.74, 6) is 0. The van der Waals surface area contributed by atoms with Crippen molar-refractivity contribution in [3.63, 3.8) is 0 Å². The van der Waals surface area contributed by atoms with Crippen molar-refractivity contribution in [1.29, 1.82) is 0 Å². The van der Waals surface area contributed by atoms with E-state index in [1.807, 2.05) is 0 Å². The van der Waals surface area contributed by atoms with E-state index in [2.05, 4.69) is 95.9 Å². The fourth-order valence-electron chi connectivity index (χ4n) is 5.20. The summed E-state index contributed by atoms with van der Waals surface area (Å²) in [5, 5.41) is 1.67. The predicted octanol–water partition coefficient (Wildman–Crippen LogP) is -0.916. The minimum absolute atomic E-state index is 0. The van der Waals surface area contributed by atoms with Crippen molar-refractivity contribution in [1.82, 2.24) is 0 Å². The van der Waals surface area contributed by atoms with Gasteiger partial charge in [-0.05, 0) is 0 Å². The van der Waals surface area contributed by atoms with Crippen LogP contribution in [-0.4, -0.2) is 8.07 Å². The van der Waals surface area contributed by atoms with Gasteiger partial charge in [-0.1, -0.05) is 0 Å². The Bertz CT molecular complexity index is 864. The van der Waals surface area contributed by atoms with Gasteiger partial charge in [0.2, 0.25) is 0 Å². The van der Waals surface area contributed by atoms with Crippen LogP contribution in [0.25, 0.3) is 6.08 Å². The molecule has 1 aliphatic rings. The molecule has 1 unspecified atom stereocenters. The van der Waals surface area contributed by atoms with Crippen molar-refractivity contribution in [3.8, 4) is 0 Å². The molecular weight excluding hydrogens is 531 g/mol. The van der Waals surface area contributed by atoms with E-state index in [9.17, 15) is 0 Å². The Kier molecular flexibility index (Phi) is 16.7. The molecule has 0 saturated heterocycles. The van der Waals surface area contributed by atoms with E-state index in [0.29, 0.717) is 5.54 Å². The molecule has 0 heterocycles. The first-order chi connectivity index (χ1) is 15.0. The number of hydrogen-bond acceptors (Lipinski definition) is 0. The number of fused-ring (bicyclic) bond motifs is 1. The van der Waals surface area contributed by atoms with Gasteiger partial charge in [-0.2, -0.15) is 0 Å². The molecule has 2 aromatic rings. The molecule has 5 heteroatoms. The summed E-state index contributed by atoms with van der Waals surface area (Å²) in [6.07, 6.45) is 15.7. The quantitative estimate of drug-likeness (QED) is 0.229. The topological polar surface area (TPSA) is 0 Å².